The Morgan fingerprint density at radius 3 is 2.93 bits per heavy atom. The number of carbonyl (C=O) groups excluding carboxylic acids is 1. The van der Waals surface area contributed by atoms with E-state index < -0.39 is 11.6 Å². The van der Waals surface area contributed by atoms with Crippen LogP contribution in [0.4, 0.5) is 4.39 Å². The van der Waals surface area contributed by atoms with Gasteiger partial charge in [-0.25, -0.2) is 4.39 Å². The summed E-state index contributed by atoms with van der Waals surface area (Å²) in [6.45, 7) is 0. The molecular formula is C10H6ClFO2. The van der Waals surface area contributed by atoms with E-state index in [1.165, 1.54) is 6.07 Å². The molecule has 1 aromatic carbocycles. The molecule has 0 atom stereocenters. The van der Waals surface area contributed by atoms with Crippen molar-refractivity contribution < 1.29 is 14.3 Å². The minimum absolute atomic E-state index is 0.0353. The van der Waals surface area contributed by atoms with Crippen LogP contribution in [0.15, 0.2) is 12.1 Å². The second-order valence-corrected chi connectivity index (χ2v) is 2.89. The minimum Gasteiger partial charge on any atom is -0.504 e. The predicted octanol–water partition coefficient (Wildman–Crippen LogP) is 2.13. The van der Waals surface area contributed by atoms with Crippen LogP contribution in [0.2, 0.25) is 5.02 Å². The third kappa shape index (κ3) is 2.48. The number of phenolic OH excluding ortho intramolecular Hbond substituents is 1. The topological polar surface area (TPSA) is 37.3 Å². The maximum Gasteiger partial charge on any atom is 0.167 e. The molecule has 2 nitrogen and oxygen atoms in total. The summed E-state index contributed by atoms with van der Waals surface area (Å²) in [5.41, 5.74) is 0.0804. The molecule has 1 aromatic rings. The molecule has 72 valence electrons. The summed E-state index contributed by atoms with van der Waals surface area (Å²) in [6, 6.07) is 2.32. The third-order valence-electron chi connectivity index (χ3n) is 1.44. The fourth-order valence-corrected chi connectivity index (χ4v) is 1.05. The average Bonchev–Trinajstić information content (AvgIpc) is 2.13. The molecule has 0 unspecified atom stereocenters. The molecule has 0 heterocycles. The van der Waals surface area contributed by atoms with Crippen molar-refractivity contribution in [3.05, 3.63) is 28.5 Å². The van der Waals surface area contributed by atoms with Gasteiger partial charge < -0.3 is 9.90 Å². The van der Waals surface area contributed by atoms with Crippen LogP contribution < -0.4 is 0 Å². The average molecular weight is 213 g/mol. The highest BCUT2D eigenvalue weighted by molar-refractivity contribution is 6.30. The number of benzene rings is 1. The highest BCUT2D eigenvalue weighted by Crippen LogP contribution is 2.24. The highest BCUT2D eigenvalue weighted by atomic mass is 35.5. The maximum absolute atomic E-state index is 12.9. The number of rotatable bonds is 1. The van der Waals surface area contributed by atoms with E-state index in [1.54, 1.807) is 0 Å². The van der Waals surface area contributed by atoms with Crippen molar-refractivity contribution in [3.8, 4) is 17.6 Å². The van der Waals surface area contributed by atoms with Gasteiger partial charge in [0.1, 0.15) is 6.29 Å². The smallest absolute Gasteiger partial charge is 0.167 e. The Bertz CT molecular complexity index is 418. The largest absolute Gasteiger partial charge is 0.504 e. The van der Waals surface area contributed by atoms with Gasteiger partial charge in [0.05, 0.1) is 12.0 Å². The third-order valence-corrected chi connectivity index (χ3v) is 1.65. The lowest BCUT2D eigenvalue weighted by molar-refractivity contribution is -0.107. The standard InChI is InChI=1S/C10H6ClFO2/c11-8-5-7(3-1-2-4-13)10(14)9(12)6-8/h4-6,14H,2H2. The van der Waals surface area contributed by atoms with Gasteiger partial charge in [0.15, 0.2) is 11.6 Å². The second kappa shape index (κ2) is 4.64. The first-order chi connectivity index (χ1) is 6.65. The number of aldehydes is 1. The Labute approximate surface area is 85.3 Å². The fraction of sp³-hybridized carbons (Fsp3) is 0.100. The molecule has 0 aliphatic heterocycles. The number of phenols is 1. The molecule has 1 rings (SSSR count). The summed E-state index contributed by atoms with van der Waals surface area (Å²) in [5.74, 6) is 3.51. The van der Waals surface area contributed by atoms with E-state index in [-0.39, 0.29) is 17.0 Å². The zero-order valence-electron chi connectivity index (χ0n) is 7.05. The van der Waals surface area contributed by atoms with Gasteiger partial charge in [0.2, 0.25) is 0 Å². The predicted molar refractivity (Wildman–Crippen MR) is 50.6 cm³/mol. The molecule has 0 spiro atoms. The van der Waals surface area contributed by atoms with E-state index >= 15 is 0 Å². The molecular weight excluding hydrogens is 207 g/mol. The summed E-state index contributed by atoms with van der Waals surface area (Å²) in [6.07, 6.45) is 0.651. The molecule has 0 bridgehead atoms. The van der Waals surface area contributed by atoms with E-state index in [2.05, 4.69) is 11.8 Å². The maximum atomic E-state index is 12.9. The van der Waals surface area contributed by atoms with Crippen LogP contribution in [0.5, 0.6) is 5.75 Å². The van der Waals surface area contributed by atoms with Gasteiger partial charge in [-0.05, 0) is 12.1 Å². The van der Waals surface area contributed by atoms with Crippen molar-refractivity contribution in [3.63, 3.8) is 0 Å². The quantitative estimate of drug-likeness (QED) is 0.572. The molecule has 0 amide bonds. The Balaban J connectivity index is 3.09. The van der Waals surface area contributed by atoms with E-state index in [0.717, 1.165) is 6.07 Å². The molecule has 0 radical (unpaired) electrons. The van der Waals surface area contributed by atoms with Crippen molar-refractivity contribution in [1.29, 1.82) is 0 Å². The first-order valence-electron chi connectivity index (χ1n) is 3.75. The Kier molecular flexibility index (Phi) is 3.49. The first kappa shape index (κ1) is 10.6. The van der Waals surface area contributed by atoms with Crippen LogP contribution in [0.3, 0.4) is 0 Å². The molecule has 0 saturated heterocycles. The number of hydrogen-bond donors (Lipinski definition) is 1. The number of hydrogen-bond acceptors (Lipinski definition) is 2. The lowest BCUT2D eigenvalue weighted by Gasteiger charge is -1.98. The van der Waals surface area contributed by atoms with Gasteiger partial charge in [-0.1, -0.05) is 23.4 Å². The van der Waals surface area contributed by atoms with E-state index in [1.807, 2.05) is 0 Å². The minimum atomic E-state index is -0.826. The zero-order chi connectivity index (χ0) is 10.6. The van der Waals surface area contributed by atoms with Gasteiger partial charge in [0, 0.05) is 5.02 Å². The molecule has 1 N–H and O–H groups in total. The Hall–Kier alpha value is -1.53. The summed E-state index contributed by atoms with van der Waals surface area (Å²) >= 11 is 5.55. The molecule has 0 aliphatic carbocycles. The highest BCUT2D eigenvalue weighted by Gasteiger charge is 2.06. The summed E-state index contributed by atoms with van der Waals surface area (Å²) < 4.78 is 12.9. The van der Waals surface area contributed by atoms with Crippen LogP contribution in [0.1, 0.15) is 12.0 Å². The summed E-state index contributed by atoms with van der Waals surface area (Å²) in [7, 11) is 0. The second-order valence-electron chi connectivity index (χ2n) is 2.46. The van der Waals surface area contributed by atoms with Gasteiger partial charge in [-0.15, -0.1) is 0 Å². The molecule has 0 fully saturated rings. The van der Waals surface area contributed by atoms with Crippen LogP contribution in [0.25, 0.3) is 0 Å². The van der Waals surface area contributed by atoms with Crippen LogP contribution in [0, 0.1) is 17.7 Å². The summed E-state index contributed by atoms with van der Waals surface area (Å²) in [5, 5.41) is 9.35. The van der Waals surface area contributed by atoms with E-state index in [4.69, 9.17) is 11.6 Å². The van der Waals surface area contributed by atoms with Gasteiger partial charge in [-0.3, -0.25) is 0 Å². The molecule has 0 saturated carbocycles. The number of halogens is 2. The molecule has 14 heavy (non-hydrogen) atoms. The van der Waals surface area contributed by atoms with Crippen molar-refractivity contribution >= 4 is 17.9 Å². The molecule has 0 aliphatic rings. The number of carbonyl (C=O) groups is 1. The van der Waals surface area contributed by atoms with Crippen LogP contribution >= 0.6 is 11.6 Å². The van der Waals surface area contributed by atoms with Crippen LogP contribution in [-0.4, -0.2) is 11.4 Å². The monoisotopic (exact) mass is 212 g/mol. The van der Waals surface area contributed by atoms with Gasteiger partial charge in [-0.2, -0.15) is 0 Å². The Morgan fingerprint density at radius 2 is 2.29 bits per heavy atom. The first-order valence-corrected chi connectivity index (χ1v) is 4.13. The van der Waals surface area contributed by atoms with Crippen LogP contribution in [-0.2, 0) is 4.79 Å². The zero-order valence-corrected chi connectivity index (χ0v) is 7.81. The van der Waals surface area contributed by atoms with E-state index in [0.29, 0.717) is 6.29 Å². The van der Waals surface area contributed by atoms with Gasteiger partial charge in [0.25, 0.3) is 0 Å². The van der Waals surface area contributed by atoms with Crippen molar-refractivity contribution in [2.75, 3.05) is 0 Å². The molecule has 0 aromatic heterocycles. The molecule has 4 heteroatoms. The summed E-state index contributed by atoms with van der Waals surface area (Å²) in [4.78, 5) is 9.95. The normalized spacial score (nSPS) is 9.00. The fourth-order valence-electron chi connectivity index (χ4n) is 0.849. The lowest BCUT2D eigenvalue weighted by atomic mass is 10.2. The van der Waals surface area contributed by atoms with Gasteiger partial charge >= 0.3 is 0 Å². The Morgan fingerprint density at radius 1 is 1.57 bits per heavy atom. The lowest BCUT2D eigenvalue weighted by Crippen LogP contribution is -1.83. The number of aromatic hydroxyl groups is 1. The van der Waals surface area contributed by atoms with E-state index in [9.17, 15) is 14.3 Å². The SMILES string of the molecule is O=CCC#Cc1cc(Cl)cc(F)c1O. The van der Waals surface area contributed by atoms with Crippen molar-refractivity contribution in [2.24, 2.45) is 0 Å². The van der Waals surface area contributed by atoms with Crippen molar-refractivity contribution in [2.45, 2.75) is 6.42 Å². The van der Waals surface area contributed by atoms with Crippen molar-refractivity contribution in [1.82, 2.24) is 0 Å².